The number of ether oxygens (including phenoxy) is 2. The van der Waals surface area contributed by atoms with Crippen molar-refractivity contribution < 1.29 is 9.47 Å². The molecule has 0 radical (unpaired) electrons. The molecular weight excluding hydrogens is 451 g/mol. The van der Waals surface area contributed by atoms with Crippen molar-refractivity contribution in [1.82, 2.24) is 0 Å². The molecule has 0 spiro atoms. The third-order valence-corrected chi connectivity index (χ3v) is 23.2. The molecule has 2 nitrogen and oxygen atoms in total. The van der Waals surface area contributed by atoms with Crippen LogP contribution in [0.4, 0.5) is 0 Å². The summed E-state index contributed by atoms with van der Waals surface area (Å²) in [5.41, 5.74) is 0. The first-order chi connectivity index (χ1) is 13.7. The van der Waals surface area contributed by atoms with Gasteiger partial charge < -0.3 is 0 Å². The molecule has 0 amide bonds. The minimum absolute atomic E-state index is 0.505. The molecule has 0 N–H and O–H groups in total. The second-order valence-corrected chi connectivity index (χ2v) is 22.9. The molecule has 170 valence electrons. The summed E-state index contributed by atoms with van der Waals surface area (Å²) in [5, 5.41) is 0. The minimum atomic E-state index is -2.32. The van der Waals surface area contributed by atoms with Gasteiger partial charge in [0, 0.05) is 0 Å². The molecule has 0 heterocycles. The van der Waals surface area contributed by atoms with Crippen LogP contribution < -0.4 is 0 Å². The van der Waals surface area contributed by atoms with Crippen molar-refractivity contribution in [2.45, 2.75) is 141 Å². The Labute approximate surface area is 182 Å². The predicted octanol–water partition coefficient (Wildman–Crippen LogP) is 8.89. The van der Waals surface area contributed by atoms with E-state index in [2.05, 4.69) is 27.7 Å². The van der Waals surface area contributed by atoms with Crippen LogP contribution in [0.2, 0.25) is 13.3 Å². The Hall–Kier alpha value is 0.719. The first-order valence-electron chi connectivity index (χ1n) is 12.8. The van der Waals surface area contributed by atoms with Gasteiger partial charge in [0.15, 0.2) is 0 Å². The summed E-state index contributed by atoms with van der Waals surface area (Å²) in [4.78, 5) is 0. The fraction of sp³-hybridized carbons (Fsp3) is 1.00. The van der Waals surface area contributed by atoms with Gasteiger partial charge in [-0.25, -0.2) is 0 Å². The molecule has 0 aliphatic carbocycles. The number of methoxy groups -OCH3 is 1. The van der Waals surface area contributed by atoms with Crippen molar-refractivity contribution in [2.75, 3.05) is 13.9 Å². The summed E-state index contributed by atoms with van der Waals surface area (Å²) in [6.45, 7) is 9.89. The normalized spacial score (nSPS) is 13.2. The van der Waals surface area contributed by atoms with Crippen molar-refractivity contribution in [3.63, 3.8) is 0 Å². The molecule has 3 heteroatoms. The molecule has 0 unspecified atom stereocenters. The van der Waals surface area contributed by atoms with Crippen LogP contribution in [0.3, 0.4) is 0 Å². The molecule has 0 aromatic rings. The van der Waals surface area contributed by atoms with E-state index in [0.29, 0.717) is 10.9 Å². The van der Waals surface area contributed by atoms with Crippen LogP contribution in [-0.2, 0) is 9.47 Å². The van der Waals surface area contributed by atoms with Crippen LogP contribution in [0.25, 0.3) is 0 Å². The fourth-order valence-corrected chi connectivity index (χ4v) is 22.1. The second-order valence-electron chi connectivity index (χ2n) is 9.00. The van der Waals surface area contributed by atoms with E-state index in [1.807, 2.05) is 0 Å². The van der Waals surface area contributed by atoms with Crippen molar-refractivity contribution >= 4 is 18.4 Å². The van der Waals surface area contributed by atoms with Crippen LogP contribution in [0.15, 0.2) is 0 Å². The molecule has 0 saturated carbocycles. The van der Waals surface area contributed by atoms with E-state index in [1.165, 1.54) is 110 Å². The number of unbranched alkanes of at least 4 members (excludes halogenated alkanes) is 10. The van der Waals surface area contributed by atoms with Gasteiger partial charge in [0.1, 0.15) is 0 Å². The molecule has 28 heavy (non-hydrogen) atoms. The quantitative estimate of drug-likeness (QED) is 0.0831. The average molecular weight is 505 g/mol. The average Bonchev–Trinajstić information content (AvgIpc) is 2.72. The Bertz CT molecular complexity index is 287. The Kier molecular flexibility index (Phi) is 21.5. The zero-order chi connectivity index (χ0) is 20.9. The predicted molar refractivity (Wildman–Crippen MR) is 129 cm³/mol. The third-order valence-electron chi connectivity index (χ3n) is 6.47. The van der Waals surface area contributed by atoms with Gasteiger partial charge in [0.25, 0.3) is 0 Å². The molecule has 0 saturated heterocycles. The van der Waals surface area contributed by atoms with Crippen LogP contribution in [0.5, 0.6) is 0 Å². The molecule has 0 aliphatic heterocycles. The summed E-state index contributed by atoms with van der Waals surface area (Å²) >= 11 is -2.32. The molecule has 0 rings (SSSR count). The van der Waals surface area contributed by atoms with Crippen molar-refractivity contribution in [3.05, 3.63) is 0 Å². The van der Waals surface area contributed by atoms with E-state index >= 15 is 0 Å². The summed E-state index contributed by atoms with van der Waals surface area (Å²) < 4.78 is 17.1. The first kappa shape index (κ1) is 28.7. The van der Waals surface area contributed by atoms with E-state index in [1.54, 1.807) is 7.11 Å². The zero-order valence-corrected chi connectivity index (χ0v) is 23.2. The van der Waals surface area contributed by atoms with Gasteiger partial charge in [-0.1, -0.05) is 0 Å². The van der Waals surface area contributed by atoms with Gasteiger partial charge in [-0.15, -0.1) is 0 Å². The number of rotatable bonds is 22. The third kappa shape index (κ3) is 13.9. The van der Waals surface area contributed by atoms with E-state index in [9.17, 15) is 0 Å². The van der Waals surface area contributed by atoms with E-state index in [-0.39, 0.29) is 0 Å². The molecule has 0 aromatic carbocycles. The van der Waals surface area contributed by atoms with Gasteiger partial charge >= 0.3 is 183 Å². The van der Waals surface area contributed by atoms with Crippen molar-refractivity contribution in [3.8, 4) is 0 Å². The molecule has 1 atom stereocenters. The molecule has 0 bridgehead atoms. The van der Waals surface area contributed by atoms with Gasteiger partial charge in [-0.05, 0) is 0 Å². The van der Waals surface area contributed by atoms with Gasteiger partial charge in [0.05, 0.1) is 0 Å². The topological polar surface area (TPSA) is 18.5 Å². The standard InChI is InChI=1S/C13H27O2.3C4H9.Sn/c1-3-4-5-6-7-8-9-10-11-12-15-13-14-2;3*1-3-4-2;/h12H,3-11,13H2,1-2H3;3*1,3-4H2,2H3;. The van der Waals surface area contributed by atoms with Crippen molar-refractivity contribution in [1.29, 1.82) is 0 Å². The van der Waals surface area contributed by atoms with E-state index in [0.717, 1.165) is 0 Å². The van der Waals surface area contributed by atoms with Crippen LogP contribution in [-0.4, -0.2) is 36.4 Å². The maximum absolute atomic E-state index is 6.48. The Morgan fingerprint density at radius 3 is 1.43 bits per heavy atom. The van der Waals surface area contributed by atoms with Gasteiger partial charge in [-0.3, -0.25) is 0 Å². The molecule has 0 aromatic heterocycles. The van der Waals surface area contributed by atoms with E-state index in [4.69, 9.17) is 9.47 Å². The van der Waals surface area contributed by atoms with Crippen LogP contribution in [0.1, 0.15) is 124 Å². The Morgan fingerprint density at radius 1 is 0.571 bits per heavy atom. The summed E-state index contributed by atoms with van der Waals surface area (Å²) in [6, 6.07) is 0. The first-order valence-corrected chi connectivity index (χ1v) is 20.5. The van der Waals surface area contributed by atoms with Crippen LogP contribution >= 0.6 is 0 Å². The fourth-order valence-electron chi connectivity index (χ4n) is 4.62. The summed E-state index contributed by atoms with van der Waals surface area (Å²) in [7, 11) is 1.79. The van der Waals surface area contributed by atoms with E-state index < -0.39 is 18.4 Å². The zero-order valence-electron chi connectivity index (χ0n) is 20.3. The Morgan fingerprint density at radius 2 is 1.00 bits per heavy atom. The van der Waals surface area contributed by atoms with Crippen molar-refractivity contribution in [2.24, 2.45) is 0 Å². The van der Waals surface area contributed by atoms with Gasteiger partial charge in [-0.2, -0.15) is 0 Å². The maximum atomic E-state index is 6.48. The van der Waals surface area contributed by atoms with Gasteiger partial charge in [0.2, 0.25) is 0 Å². The molecular formula is C25H54O2Sn. The van der Waals surface area contributed by atoms with Crippen LogP contribution in [0, 0.1) is 0 Å². The number of hydrogen-bond donors (Lipinski definition) is 0. The molecule has 0 aliphatic rings. The second kappa shape index (κ2) is 21.0. The summed E-state index contributed by atoms with van der Waals surface area (Å²) in [6.07, 6.45) is 20.8. The monoisotopic (exact) mass is 506 g/mol. The SMILES string of the molecule is CCCCCCCCCC[C@@H](OCOC)[Sn]([CH2]CCC)([CH2]CCC)[CH2]CCC. The Balaban J connectivity index is 4.82. The summed E-state index contributed by atoms with van der Waals surface area (Å²) in [5.74, 6) is 0. The number of hydrogen-bond acceptors (Lipinski definition) is 2. The molecule has 0 fully saturated rings.